The van der Waals surface area contributed by atoms with Crippen molar-refractivity contribution in [1.82, 2.24) is 9.66 Å². The van der Waals surface area contributed by atoms with Crippen LogP contribution in [-0.4, -0.2) is 28.4 Å². The Morgan fingerprint density at radius 3 is 2.57 bits per heavy atom. The summed E-state index contributed by atoms with van der Waals surface area (Å²) in [5, 5.41) is 7.63. The van der Waals surface area contributed by atoms with E-state index < -0.39 is 23.2 Å². The molecule has 0 aliphatic heterocycles. The van der Waals surface area contributed by atoms with Crippen molar-refractivity contribution in [1.29, 1.82) is 0 Å². The lowest BCUT2D eigenvalue weighted by atomic mass is 10.1. The first-order valence-electron chi connectivity index (χ1n) is 12.6. The van der Waals surface area contributed by atoms with Crippen molar-refractivity contribution in [2.75, 3.05) is 11.9 Å². The van der Waals surface area contributed by atoms with E-state index in [0.29, 0.717) is 21.8 Å². The van der Waals surface area contributed by atoms with Crippen molar-refractivity contribution in [2.45, 2.75) is 13.1 Å². The molecule has 42 heavy (non-hydrogen) atoms. The third kappa shape index (κ3) is 6.34. The van der Waals surface area contributed by atoms with E-state index in [9.17, 15) is 22.8 Å². The molecule has 5 rings (SSSR count). The largest absolute Gasteiger partial charge is 0.483 e. The Morgan fingerprint density at radius 1 is 1.02 bits per heavy atom. The molecule has 0 saturated carbocycles. The summed E-state index contributed by atoms with van der Waals surface area (Å²) in [4.78, 5) is 30.5. The van der Waals surface area contributed by atoms with Crippen LogP contribution in [0.2, 0.25) is 5.02 Å². The van der Waals surface area contributed by atoms with Crippen LogP contribution in [0.3, 0.4) is 0 Å². The summed E-state index contributed by atoms with van der Waals surface area (Å²) in [5.41, 5.74) is 0.707. The highest BCUT2D eigenvalue weighted by Crippen LogP contribution is 2.32. The number of rotatable bonds is 7. The lowest BCUT2D eigenvalue weighted by Crippen LogP contribution is -2.21. The third-order valence-corrected chi connectivity index (χ3v) is 6.50. The van der Waals surface area contributed by atoms with Crippen LogP contribution < -0.4 is 15.6 Å². The van der Waals surface area contributed by atoms with E-state index in [1.165, 1.54) is 24.4 Å². The van der Waals surface area contributed by atoms with Crippen molar-refractivity contribution in [2.24, 2.45) is 5.10 Å². The fourth-order valence-corrected chi connectivity index (χ4v) is 4.35. The van der Waals surface area contributed by atoms with Gasteiger partial charge in [-0.05, 0) is 61.0 Å². The normalized spacial score (nSPS) is 11.6. The summed E-state index contributed by atoms with van der Waals surface area (Å²) >= 11 is 6.20. The quantitative estimate of drug-likeness (QED) is 0.208. The standard InChI is InChI=1S/C31H22ClF3N4O3/c1-19-7-2-4-11-25(19)37-28(40)18-42-27-14-13-23(32)16-21(27)17-36-39-29(20-8-6-9-22(15-20)31(33,34)35)38-26-12-5-3-10-24(26)30(39)41/h2-17H,18H2,1H3,(H,37,40). The molecule has 1 aromatic heterocycles. The number of aryl methyl sites for hydroxylation is 1. The smallest absolute Gasteiger partial charge is 0.416 e. The molecule has 0 aliphatic rings. The summed E-state index contributed by atoms with van der Waals surface area (Å²) in [6, 6.07) is 22.9. The molecule has 5 aromatic rings. The van der Waals surface area contributed by atoms with Crippen LogP contribution in [-0.2, 0) is 11.0 Å². The number of amides is 1. The van der Waals surface area contributed by atoms with E-state index in [1.54, 1.807) is 48.5 Å². The molecule has 11 heteroatoms. The predicted molar refractivity (Wildman–Crippen MR) is 156 cm³/mol. The second kappa shape index (κ2) is 11.9. The summed E-state index contributed by atoms with van der Waals surface area (Å²) in [6.07, 6.45) is -3.32. The Labute approximate surface area is 242 Å². The zero-order chi connectivity index (χ0) is 29.9. The second-order valence-corrected chi connectivity index (χ2v) is 9.66. The third-order valence-electron chi connectivity index (χ3n) is 6.26. The molecule has 1 N–H and O–H groups in total. The first kappa shape index (κ1) is 28.6. The van der Waals surface area contributed by atoms with Crippen molar-refractivity contribution >= 4 is 40.3 Å². The molecule has 1 amide bonds. The number of aromatic nitrogens is 2. The highest BCUT2D eigenvalue weighted by atomic mass is 35.5. The number of carbonyl (C=O) groups is 1. The monoisotopic (exact) mass is 590 g/mol. The summed E-state index contributed by atoms with van der Waals surface area (Å²) in [6.45, 7) is 1.53. The molecule has 0 aliphatic carbocycles. The van der Waals surface area contributed by atoms with Gasteiger partial charge in [-0.3, -0.25) is 9.59 Å². The number of benzene rings is 4. The molecule has 1 heterocycles. The average molecular weight is 591 g/mol. The number of para-hydroxylation sites is 2. The van der Waals surface area contributed by atoms with Gasteiger partial charge in [0.25, 0.3) is 11.5 Å². The van der Waals surface area contributed by atoms with Gasteiger partial charge in [-0.25, -0.2) is 4.98 Å². The number of nitrogens with one attached hydrogen (secondary N) is 1. The SMILES string of the molecule is Cc1ccccc1NC(=O)COc1ccc(Cl)cc1C=Nn1c(-c2cccc(C(F)(F)F)c2)nc2ccccc2c1=O. The van der Waals surface area contributed by atoms with Gasteiger partial charge in [0.1, 0.15) is 5.75 Å². The Morgan fingerprint density at radius 2 is 1.79 bits per heavy atom. The van der Waals surface area contributed by atoms with Crippen molar-refractivity contribution in [3.05, 3.63) is 123 Å². The van der Waals surface area contributed by atoms with Gasteiger partial charge < -0.3 is 10.1 Å². The van der Waals surface area contributed by atoms with Crippen LogP contribution in [0.25, 0.3) is 22.3 Å². The lowest BCUT2D eigenvalue weighted by Gasteiger charge is -2.13. The highest BCUT2D eigenvalue weighted by molar-refractivity contribution is 6.30. The minimum Gasteiger partial charge on any atom is -0.483 e. The molecule has 0 radical (unpaired) electrons. The zero-order valence-corrected chi connectivity index (χ0v) is 22.8. The maximum Gasteiger partial charge on any atom is 0.416 e. The molecule has 0 saturated heterocycles. The molecular weight excluding hydrogens is 569 g/mol. The molecule has 7 nitrogen and oxygen atoms in total. The van der Waals surface area contributed by atoms with Gasteiger partial charge in [0.05, 0.1) is 22.7 Å². The zero-order valence-electron chi connectivity index (χ0n) is 22.0. The number of carbonyl (C=O) groups excluding carboxylic acids is 1. The summed E-state index contributed by atoms with van der Waals surface area (Å²) in [7, 11) is 0. The molecule has 4 aromatic carbocycles. The van der Waals surface area contributed by atoms with Crippen molar-refractivity contribution in [3.63, 3.8) is 0 Å². The Balaban J connectivity index is 1.51. The number of fused-ring (bicyclic) bond motifs is 1. The van der Waals surface area contributed by atoms with Crippen molar-refractivity contribution in [3.8, 4) is 17.1 Å². The van der Waals surface area contributed by atoms with Gasteiger partial charge in [-0.2, -0.15) is 22.9 Å². The molecule has 0 unspecified atom stereocenters. The summed E-state index contributed by atoms with van der Waals surface area (Å²) in [5.74, 6) is -0.252. The van der Waals surface area contributed by atoms with Crippen molar-refractivity contribution < 1.29 is 22.7 Å². The first-order valence-corrected chi connectivity index (χ1v) is 13.0. The maximum absolute atomic E-state index is 13.5. The van der Waals surface area contributed by atoms with Crippen LogP contribution in [0, 0.1) is 6.92 Å². The van der Waals surface area contributed by atoms with E-state index in [1.807, 2.05) is 19.1 Å². The fraction of sp³-hybridized carbons (Fsp3) is 0.0968. The van der Waals surface area contributed by atoms with Gasteiger partial charge in [0.15, 0.2) is 12.4 Å². The minimum absolute atomic E-state index is 0.0419. The highest BCUT2D eigenvalue weighted by Gasteiger charge is 2.31. The maximum atomic E-state index is 13.5. The number of halogens is 4. The number of ether oxygens (including phenoxy) is 1. The van der Waals surface area contributed by atoms with E-state index in [2.05, 4.69) is 15.4 Å². The Kier molecular flexibility index (Phi) is 8.08. The average Bonchev–Trinajstić information content (AvgIpc) is 2.97. The molecule has 212 valence electrons. The number of nitrogens with zero attached hydrogens (tertiary/aromatic N) is 3. The van der Waals surface area contributed by atoms with E-state index in [-0.39, 0.29) is 29.1 Å². The molecule has 0 atom stereocenters. The number of hydrogen-bond acceptors (Lipinski definition) is 5. The number of anilines is 1. The van der Waals surface area contributed by atoms with E-state index in [0.717, 1.165) is 22.4 Å². The fourth-order valence-electron chi connectivity index (χ4n) is 4.17. The molecule has 0 spiro atoms. The van der Waals surface area contributed by atoms with Crippen LogP contribution in [0.5, 0.6) is 5.75 Å². The van der Waals surface area contributed by atoms with Gasteiger partial charge in [0, 0.05) is 21.8 Å². The van der Waals surface area contributed by atoms with Gasteiger partial charge >= 0.3 is 6.18 Å². The first-order chi connectivity index (χ1) is 20.1. The van der Waals surface area contributed by atoms with E-state index in [4.69, 9.17) is 16.3 Å². The molecule has 0 fully saturated rings. The second-order valence-electron chi connectivity index (χ2n) is 9.23. The van der Waals surface area contributed by atoms with Crippen LogP contribution in [0.15, 0.2) is 101 Å². The van der Waals surface area contributed by atoms with Crippen LogP contribution in [0.4, 0.5) is 18.9 Å². The van der Waals surface area contributed by atoms with E-state index >= 15 is 0 Å². The van der Waals surface area contributed by atoms with Crippen LogP contribution in [0.1, 0.15) is 16.7 Å². The van der Waals surface area contributed by atoms with Gasteiger partial charge in [-0.15, -0.1) is 0 Å². The van der Waals surface area contributed by atoms with Gasteiger partial charge in [-0.1, -0.05) is 54.1 Å². The predicted octanol–water partition coefficient (Wildman–Crippen LogP) is 6.94. The number of alkyl halides is 3. The molecule has 0 bridgehead atoms. The topological polar surface area (TPSA) is 85.6 Å². The lowest BCUT2D eigenvalue weighted by molar-refractivity contribution is -0.137. The minimum atomic E-state index is -4.60. The Hall–Kier alpha value is -4.96. The Bertz CT molecular complexity index is 1890. The molecular formula is C31H22ClF3N4O3. The van der Waals surface area contributed by atoms with Gasteiger partial charge in [0.2, 0.25) is 0 Å². The van der Waals surface area contributed by atoms with Crippen LogP contribution >= 0.6 is 11.6 Å². The number of hydrogen-bond donors (Lipinski definition) is 1. The summed E-state index contributed by atoms with van der Waals surface area (Å²) < 4.78 is 47.1.